The number of allylic oxidation sites excluding steroid dienone is 2. The van der Waals surface area contributed by atoms with Gasteiger partial charge in [-0.1, -0.05) is 18.2 Å². The highest BCUT2D eigenvalue weighted by Gasteiger charge is 2.42. The van der Waals surface area contributed by atoms with E-state index >= 15 is 0 Å². The maximum Gasteiger partial charge on any atom is 0.251 e. The van der Waals surface area contributed by atoms with Gasteiger partial charge in [-0.3, -0.25) is 19.8 Å². The van der Waals surface area contributed by atoms with Crippen LogP contribution < -0.4 is 15.8 Å². The lowest BCUT2D eigenvalue weighted by Crippen LogP contribution is -2.59. The van der Waals surface area contributed by atoms with Crippen LogP contribution in [0.2, 0.25) is 0 Å². The summed E-state index contributed by atoms with van der Waals surface area (Å²) in [7, 11) is 1.56. The maximum absolute atomic E-state index is 12.8. The molecule has 1 saturated heterocycles. The summed E-state index contributed by atoms with van der Waals surface area (Å²) in [6.07, 6.45) is 5.02. The number of carbonyl (C=O) groups is 3. The number of nitrogens with zero attached hydrogens (tertiary/aromatic N) is 1. The molecule has 132 valence electrons. The number of rotatable bonds is 5. The Kier molecular flexibility index (Phi) is 5.14. The summed E-state index contributed by atoms with van der Waals surface area (Å²) in [6, 6.07) is 6.64. The highest BCUT2D eigenvalue weighted by atomic mass is 16.5. The van der Waals surface area contributed by atoms with E-state index in [9.17, 15) is 14.4 Å². The number of methoxy groups -OCH3 is 1. The van der Waals surface area contributed by atoms with Crippen LogP contribution in [0.3, 0.4) is 0 Å². The topological polar surface area (TPSA) is 87.7 Å². The van der Waals surface area contributed by atoms with Crippen molar-refractivity contribution >= 4 is 23.4 Å². The molecule has 7 heteroatoms. The first kappa shape index (κ1) is 17.2. The third-order valence-electron chi connectivity index (χ3n) is 4.49. The van der Waals surface area contributed by atoms with Gasteiger partial charge in [0.05, 0.1) is 24.1 Å². The van der Waals surface area contributed by atoms with Crippen molar-refractivity contribution in [3.05, 3.63) is 42.0 Å². The van der Waals surface area contributed by atoms with Crippen LogP contribution in [0.15, 0.2) is 36.4 Å². The molecule has 25 heavy (non-hydrogen) atoms. The Bertz CT molecular complexity index is 716. The molecule has 3 amide bonds. The lowest BCUT2D eigenvalue weighted by atomic mass is 9.80. The molecule has 2 aliphatic rings. The summed E-state index contributed by atoms with van der Waals surface area (Å²) in [5.41, 5.74) is 3.55. The first-order valence-electron chi connectivity index (χ1n) is 8.28. The Labute approximate surface area is 146 Å². The second-order valence-electron chi connectivity index (χ2n) is 6.10. The Balaban J connectivity index is 1.78. The third-order valence-corrected chi connectivity index (χ3v) is 4.49. The van der Waals surface area contributed by atoms with Crippen molar-refractivity contribution in [2.45, 2.75) is 12.8 Å². The molecule has 1 fully saturated rings. The fourth-order valence-corrected chi connectivity index (χ4v) is 3.14. The zero-order valence-corrected chi connectivity index (χ0v) is 14.0. The number of anilines is 1. The number of hydrazine groups is 1. The summed E-state index contributed by atoms with van der Waals surface area (Å²) in [6.45, 7) is 0.817. The van der Waals surface area contributed by atoms with Crippen LogP contribution in [0, 0.1) is 11.8 Å². The smallest absolute Gasteiger partial charge is 0.251 e. The maximum atomic E-state index is 12.8. The van der Waals surface area contributed by atoms with E-state index in [4.69, 9.17) is 4.74 Å². The van der Waals surface area contributed by atoms with Crippen LogP contribution in [0.4, 0.5) is 5.69 Å². The van der Waals surface area contributed by atoms with Crippen LogP contribution >= 0.6 is 0 Å². The normalized spacial score (nSPS) is 22.4. The van der Waals surface area contributed by atoms with Gasteiger partial charge in [-0.2, -0.15) is 0 Å². The number of amides is 3. The number of ether oxygens (including phenoxy) is 1. The van der Waals surface area contributed by atoms with E-state index in [-0.39, 0.29) is 29.6 Å². The minimum atomic E-state index is -0.349. The lowest BCUT2D eigenvalue weighted by molar-refractivity contribution is -0.139. The molecule has 1 aromatic carbocycles. The van der Waals surface area contributed by atoms with Gasteiger partial charge in [0.25, 0.3) is 5.91 Å². The molecule has 2 N–H and O–H groups in total. The molecule has 3 rings (SSSR count). The van der Waals surface area contributed by atoms with Gasteiger partial charge in [-0.15, -0.1) is 0 Å². The van der Waals surface area contributed by atoms with Gasteiger partial charge in [0.1, 0.15) is 0 Å². The summed E-state index contributed by atoms with van der Waals surface area (Å²) >= 11 is 0. The van der Waals surface area contributed by atoms with Crippen LogP contribution in [0.5, 0.6) is 0 Å². The fraction of sp³-hybridized carbons (Fsp3) is 0.389. The summed E-state index contributed by atoms with van der Waals surface area (Å²) in [5.74, 6) is -1.23. The number of nitrogens with one attached hydrogen (secondary N) is 2. The highest BCUT2D eigenvalue weighted by Crippen LogP contribution is 2.32. The molecular formula is C18H21N3O4. The molecule has 1 aromatic rings. The predicted octanol–water partition coefficient (Wildman–Crippen LogP) is 1.02. The van der Waals surface area contributed by atoms with Gasteiger partial charge in [-0.25, -0.2) is 5.01 Å². The number of fused-ring (bicyclic) bond motifs is 1. The summed E-state index contributed by atoms with van der Waals surface area (Å²) in [5, 5.41) is 3.99. The second-order valence-corrected chi connectivity index (χ2v) is 6.10. The molecule has 0 bridgehead atoms. The number of hydrogen-bond donors (Lipinski definition) is 2. The minimum absolute atomic E-state index is 0.147. The zero-order valence-electron chi connectivity index (χ0n) is 14.0. The molecule has 0 spiro atoms. The van der Waals surface area contributed by atoms with Crippen molar-refractivity contribution in [1.29, 1.82) is 0 Å². The standard InChI is InChI=1S/C18H21N3O4/c1-25-10-9-19-16(22)12-5-4-6-13(11-12)21-18(24)15-8-3-2-7-14(15)17(23)20-21/h2-6,11,14-15H,7-10H2,1H3,(H,19,22)(H,20,23). The van der Waals surface area contributed by atoms with E-state index in [0.717, 1.165) is 0 Å². The zero-order chi connectivity index (χ0) is 17.8. The van der Waals surface area contributed by atoms with E-state index in [0.29, 0.717) is 37.2 Å². The van der Waals surface area contributed by atoms with Crippen LogP contribution in [0.1, 0.15) is 23.2 Å². The summed E-state index contributed by atoms with van der Waals surface area (Å²) < 4.78 is 4.90. The minimum Gasteiger partial charge on any atom is -0.383 e. The SMILES string of the molecule is COCCNC(=O)c1cccc(N2NC(=O)C3CC=CCC3C2=O)c1. The molecule has 0 saturated carbocycles. The van der Waals surface area contributed by atoms with Crippen molar-refractivity contribution in [2.75, 3.05) is 25.3 Å². The molecule has 7 nitrogen and oxygen atoms in total. The van der Waals surface area contributed by atoms with Crippen molar-refractivity contribution < 1.29 is 19.1 Å². The second kappa shape index (κ2) is 7.48. The molecule has 2 unspecified atom stereocenters. The van der Waals surface area contributed by atoms with Crippen molar-refractivity contribution in [3.8, 4) is 0 Å². The fourth-order valence-electron chi connectivity index (χ4n) is 3.14. The molecule has 2 atom stereocenters. The van der Waals surface area contributed by atoms with Gasteiger partial charge < -0.3 is 10.1 Å². The monoisotopic (exact) mass is 343 g/mol. The molecule has 1 aliphatic heterocycles. The number of benzene rings is 1. The average Bonchev–Trinajstić information content (AvgIpc) is 2.65. The average molecular weight is 343 g/mol. The van der Waals surface area contributed by atoms with Gasteiger partial charge >= 0.3 is 0 Å². The van der Waals surface area contributed by atoms with Gasteiger partial charge in [0, 0.05) is 19.2 Å². The van der Waals surface area contributed by atoms with Crippen molar-refractivity contribution in [1.82, 2.24) is 10.7 Å². The number of hydrogen-bond acceptors (Lipinski definition) is 4. The highest BCUT2D eigenvalue weighted by molar-refractivity contribution is 6.05. The van der Waals surface area contributed by atoms with E-state index in [1.54, 1.807) is 31.4 Å². The first-order chi connectivity index (χ1) is 12.1. The lowest BCUT2D eigenvalue weighted by Gasteiger charge is -2.38. The molecule has 0 radical (unpaired) electrons. The van der Waals surface area contributed by atoms with E-state index in [1.165, 1.54) is 5.01 Å². The van der Waals surface area contributed by atoms with E-state index < -0.39 is 0 Å². The van der Waals surface area contributed by atoms with Gasteiger partial charge in [-0.05, 0) is 31.0 Å². The number of carbonyl (C=O) groups excluding carboxylic acids is 3. The molecule has 0 aromatic heterocycles. The van der Waals surface area contributed by atoms with E-state index in [2.05, 4.69) is 10.7 Å². The summed E-state index contributed by atoms with van der Waals surface area (Å²) in [4.78, 5) is 37.2. The first-order valence-corrected chi connectivity index (χ1v) is 8.28. The Morgan fingerprint density at radius 1 is 1.28 bits per heavy atom. The Hall–Kier alpha value is -2.67. The van der Waals surface area contributed by atoms with E-state index in [1.807, 2.05) is 12.2 Å². The Morgan fingerprint density at radius 2 is 2.04 bits per heavy atom. The largest absolute Gasteiger partial charge is 0.383 e. The van der Waals surface area contributed by atoms with Crippen molar-refractivity contribution in [3.63, 3.8) is 0 Å². The predicted molar refractivity (Wildman–Crippen MR) is 91.6 cm³/mol. The molecule has 1 heterocycles. The quantitative estimate of drug-likeness (QED) is 0.617. The Morgan fingerprint density at radius 3 is 2.80 bits per heavy atom. The van der Waals surface area contributed by atoms with Crippen LogP contribution in [0.25, 0.3) is 0 Å². The third kappa shape index (κ3) is 3.56. The van der Waals surface area contributed by atoms with Crippen LogP contribution in [-0.2, 0) is 14.3 Å². The van der Waals surface area contributed by atoms with Gasteiger partial charge in [0.15, 0.2) is 0 Å². The van der Waals surface area contributed by atoms with Gasteiger partial charge in [0.2, 0.25) is 11.8 Å². The molecule has 1 aliphatic carbocycles. The van der Waals surface area contributed by atoms with Crippen LogP contribution in [-0.4, -0.2) is 38.0 Å². The molecular weight excluding hydrogens is 322 g/mol. The van der Waals surface area contributed by atoms with Crippen molar-refractivity contribution in [2.24, 2.45) is 11.8 Å².